The number of hydrogen-bond donors (Lipinski definition) is 2. The molecule has 1 unspecified atom stereocenters. The molecule has 1 atom stereocenters. The zero-order valence-electron chi connectivity index (χ0n) is 12.2. The summed E-state index contributed by atoms with van der Waals surface area (Å²) in [7, 11) is 0. The van der Waals surface area contributed by atoms with E-state index in [2.05, 4.69) is 30.7 Å². The Morgan fingerprint density at radius 1 is 1.42 bits per heavy atom. The molecular weight excluding hydrogens is 256 g/mol. The monoisotopic (exact) mass is 280 g/mol. The maximum Gasteiger partial charge on any atom is 0.251 e. The van der Waals surface area contributed by atoms with Gasteiger partial charge in [-0.2, -0.15) is 11.8 Å². The minimum atomic E-state index is 0.0224. The Labute approximate surface area is 120 Å². The van der Waals surface area contributed by atoms with E-state index in [4.69, 9.17) is 0 Å². The van der Waals surface area contributed by atoms with Crippen molar-refractivity contribution < 1.29 is 4.79 Å². The number of carbonyl (C=O) groups excluding carboxylic acids is 1. The zero-order chi connectivity index (χ0) is 14.3. The van der Waals surface area contributed by atoms with Crippen LogP contribution in [-0.2, 0) is 0 Å². The molecule has 0 fully saturated rings. The highest BCUT2D eigenvalue weighted by Gasteiger charge is 2.12. The van der Waals surface area contributed by atoms with Gasteiger partial charge < -0.3 is 10.6 Å². The van der Waals surface area contributed by atoms with Crippen molar-refractivity contribution in [3.63, 3.8) is 0 Å². The molecular formula is C15H24N2OS. The SMILES string of the molecule is CCNc1ccc(C(=O)NC(C)CCSC)c(C)c1. The maximum absolute atomic E-state index is 12.2. The Morgan fingerprint density at radius 3 is 2.74 bits per heavy atom. The second-order valence-corrected chi connectivity index (χ2v) is 5.70. The summed E-state index contributed by atoms with van der Waals surface area (Å²) in [5, 5.41) is 6.30. The van der Waals surface area contributed by atoms with Gasteiger partial charge in [-0.25, -0.2) is 0 Å². The highest BCUT2D eigenvalue weighted by Crippen LogP contribution is 2.15. The maximum atomic E-state index is 12.2. The van der Waals surface area contributed by atoms with Crippen molar-refractivity contribution >= 4 is 23.4 Å². The van der Waals surface area contributed by atoms with E-state index in [-0.39, 0.29) is 11.9 Å². The smallest absolute Gasteiger partial charge is 0.251 e. The molecule has 1 rings (SSSR count). The standard InChI is InChI=1S/C15H24N2OS/c1-5-16-13-6-7-14(11(2)10-13)15(18)17-12(3)8-9-19-4/h6-7,10,12,16H,5,8-9H2,1-4H3,(H,17,18). The van der Waals surface area contributed by atoms with Crippen molar-refractivity contribution in [1.82, 2.24) is 5.32 Å². The molecule has 0 aromatic heterocycles. The molecule has 0 radical (unpaired) electrons. The van der Waals surface area contributed by atoms with Crippen LogP contribution in [0.1, 0.15) is 36.2 Å². The number of benzene rings is 1. The zero-order valence-corrected chi connectivity index (χ0v) is 13.1. The van der Waals surface area contributed by atoms with Crippen LogP contribution in [0, 0.1) is 6.92 Å². The van der Waals surface area contributed by atoms with E-state index in [1.165, 1.54) is 0 Å². The van der Waals surface area contributed by atoms with Crippen molar-refractivity contribution in [3.05, 3.63) is 29.3 Å². The highest BCUT2D eigenvalue weighted by molar-refractivity contribution is 7.98. The summed E-state index contributed by atoms with van der Waals surface area (Å²) in [6.07, 6.45) is 3.08. The van der Waals surface area contributed by atoms with Gasteiger partial charge in [0.2, 0.25) is 0 Å². The minimum Gasteiger partial charge on any atom is -0.385 e. The number of rotatable bonds is 7. The summed E-state index contributed by atoms with van der Waals surface area (Å²) in [4.78, 5) is 12.2. The summed E-state index contributed by atoms with van der Waals surface area (Å²) in [5.74, 6) is 1.09. The van der Waals surface area contributed by atoms with E-state index in [0.29, 0.717) is 0 Å². The van der Waals surface area contributed by atoms with E-state index in [9.17, 15) is 4.79 Å². The summed E-state index contributed by atoms with van der Waals surface area (Å²) < 4.78 is 0. The molecule has 1 aromatic rings. The first-order valence-corrected chi connectivity index (χ1v) is 8.12. The van der Waals surface area contributed by atoms with E-state index < -0.39 is 0 Å². The van der Waals surface area contributed by atoms with Gasteiger partial charge in [0.05, 0.1) is 0 Å². The molecule has 0 aliphatic carbocycles. The average molecular weight is 280 g/mol. The third-order valence-corrected chi connectivity index (χ3v) is 3.63. The van der Waals surface area contributed by atoms with Gasteiger partial charge in [-0.3, -0.25) is 4.79 Å². The first-order chi connectivity index (χ1) is 9.08. The minimum absolute atomic E-state index is 0.0224. The molecule has 19 heavy (non-hydrogen) atoms. The molecule has 0 heterocycles. The van der Waals surface area contributed by atoms with Gasteiger partial charge in [-0.05, 0) is 63.0 Å². The molecule has 0 bridgehead atoms. The Hall–Kier alpha value is -1.16. The van der Waals surface area contributed by atoms with Crippen LogP contribution >= 0.6 is 11.8 Å². The average Bonchev–Trinajstić information content (AvgIpc) is 2.36. The predicted octanol–water partition coefficient (Wildman–Crippen LogP) is 3.30. The Bertz CT molecular complexity index is 421. The fourth-order valence-electron chi connectivity index (χ4n) is 1.90. The first kappa shape index (κ1) is 15.9. The van der Waals surface area contributed by atoms with Crippen LogP contribution in [0.2, 0.25) is 0 Å². The second kappa shape index (κ2) is 8.10. The molecule has 0 aliphatic rings. The molecule has 0 spiro atoms. The second-order valence-electron chi connectivity index (χ2n) is 4.72. The summed E-state index contributed by atoms with van der Waals surface area (Å²) in [5.41, 5.74) is 2.83. The molecule has 2 N–H and O–H groups in total. The number of hydrogen-bond acceptors (Lipinski definition) is 3. The van der Waals surface area contributed by atoms with Gasteiger partial charge in [-0.1, -0.05) is 0 Å². The van der Waals surface area contributed by atoms with Crippen molar-refractivity contribution in [2.24, 2.45) is 0 Å². The molecule has 0 aliphatic heterocycles. The van der Waals surface area contributed by atoms with Gasteiger partial charge >= 0.3 is 0 Å². The Balaban J connectivity index is 2.66. The molecule has 3 nitrogen and oxygen atoms in total. The van der Waals surface area contributed by atoms with E-state index in [1.807, 2.05) is 25.1 Å². The fourth-order valence-corrected chi connectivity index (χ4v) is 2.49. The highest BCUT2D eigenvalue weighted by atomic mass is 32.2. The normalized spacial score (nSPS) is 12.0. The Morgan fingerprint density at radius 2 is 2.16 bits per heavy atom. The number of thioether (sulfide) groups is 1. The lowest BCUT2D eigenvalue weighted by Crippen LogP contribution is -2.33. The molecule has 0 saturated heterocycles. The third-order valence-electron chi connectivity index (χ3n) is 2.98. The van der Waals surface area contributed by atoms with Crippen molar-refractivity contribution in [2.45, 2.75) is 33.2 Å². The number of amides is 1. The number of carbonyl (C=O) groups is 1. The third kappa shape index (κ3) is 5.15. The lowest BCUT2D eigenvalue weighted by Gasteiger charge is -2.15. The molecule has 4 heteroatoms. The summed E-state index contributed by atoms with van der Waals surface area (Å²) >= 11 is 1.80. The van der Waals surface area contributed by atoms with E-state index >= 15 is 0 Å². The van der Waals surface area contributed by atoms with Crippen LogP contribution in [-0.4, -0.2) is 30.5 Å². The summed E-state index contributed by atoms with van der Waals surface area (Å²) in [6.45, 7) is 6.97. The van der Waals surface area contributed by atoms with Crippen LogP contribution < -0.4 is 10.6 Å². The van der Waals surface area contributed by atoms with Gasteiger partial charge in [-0.15, -0.1) is 0 Å². The van der Waals surface area contributed by atoms with Crippen LogP contribution in [0.25, 0.3) is 0 Å². The van der Waals surface area contributed by atoms with Gasteiger partial charge in [0.25, 0.3) is 5.91 Å². The van der Waals surface area contributed by atoms with Crippen LogP contribution in [0.15, 0.2) is 18.2 Å². The van der Waals surface area contributed by atoms with Gasteiger partial charge in [0.1, 0.15) is 0 Å². The number of aryl methyl sites for hydroxylation is 1. The summed E-state index contributed by atoms with van der Waals surface area (Å²) in [6, 6.07) is 6.08. The predicted molar refractivity (Wildman–Crippen MR) is 85.3 cm³/mol. The lowest BCUT2D eigenvalue weighted by atomic mass is 10.1. The van der Waals surface area contributed by atoms with Crippen molar-refractivity contribution in [2.75, 3.05) is 23.9 Å². The van der Waals surface area contributed by atoms with E-state index in [1.54, 1.807) is 11.8 Å². The lowest BCUT2D eigenvalue weighted by molar-refractivity contribution is 0.0939. The fraction of sp³-hybridized carbons (Fsp3) is 0.533. The first-order valence-electron chi connectivity index (χ1n) is 6.72. The van der Waals surface area contributed by atoms with Crippen molar-refractivity contribution in [1.29, 1.82) is 0 Å². The quantitative estimate of drug-likeness (QED) is 0.805. The molecule has 1 amide bonds. The van der Waals surface area contributed by atoms with Crippen LogP contribution in [0.3, 0.4) is 0 Å². The molecule has 1 aromatic carbocycles. The van der Waals surface area contributed by atoms with Gasteiger partial charge in [0.15, 0.2) is 0 Å². The molecule has 106 valence electrons. The number of anilines is 1. The van der Waals surface area contributed by atoms with Crippen LogP contribution in [0.4, 0.5) is 5.69 Å². The van der Waals surface area contributed by atoms with E-state index in [0.717, 1.165) is 35.5 Å². The van der Waals surface area contributed by atoms with Gasteiger partial charge in [0, 0.05) is 23.8 Å². The van der Waals surface area contributed by atoms with Crippen molar-refractivity contribution in [3.8, 4) is 0 Å². The molecule has 0 saturated carbocycles. The topological polar surface area (TPSA) is 41.1 Å². The largest absolute Gasteiger partial charge is 0.385 e. The number of nitrogens with one attached hydrogen (secondary N) is 2. The van der Waals surface area contributed by atoms with Crippen LogP contribution in [0.5, 0.6) is 0 Å². The Kier molecular flexibility index (Phi) is 6.78.